The van der Waals surface area contributed by atoms with Gasteiger partial charge in [0.2, 0.25) is 5.91 Å². The van der Waals surface area contributed by atoms with Crippen molar-refractivity contribution in [1.29, 1.82) is 0 Å². The van der Waals surface area contributed by atoms with Gasteiger partial charge in [0.15, 0.2) is 0 Å². The summed E-state index contributed by atoms with van der Waals surface area (Å²) in [6.45, 7) is -0.566. The Balaban J connectivity index is 2.07. The van der Waals surface area contributed by atoms with Gasteiger partial charge in [-0.05, 0) is 25.1 Å². The summed E-state index contributed by atoms with van der Waals surface area (Å²) in [4.78, 5) is 40.5. The molecule has 2 aromatic rings. The summed E-state index contributed by atoms with van der Waals surface area (Å²) >= 11 is 0. The Kier molecular flexibility index (Phi) is 7.96. The van der Waals surface area contributed by atoms with Crippen LogP contribution in [0.1, 0.15) is 23.7 Å². The number of esters is 1. The molecule has 0 saturated heterocycles. The molecule has 162 valence electrons. The number of hydrogen-bond donors (Lipinski definition) is 1. The van der Waals surface area contributed by atoms with Crippen LogP contribution in [0, 0.1) is 0 Å². The smallest absolute Gasteiger partial charge is 0.406 e. The Labute approximate surface area is 170 Å². The SMILES string of the molecule is CCOC(=O)CN(CC(F)(F)F)C(=O)c1cccc(NC(=O)CCn2ccnc2)c1. The second-order valence-electron chi connectivity index (χ2n) is 6.26. The molecule has 30 heavy (non-hydrogen) atoms. The Bertz CT molecular complexity index is 869. The number of imidazole rings is 1. The summed E-state index contributed by atoms with van der Waals surface area (Å²) in [5.41, 5.74) is 0.149. The number of carbonyl (C=O) groups is 3. The predicted molar refractivity (Wildman–Crippen MR) is 101 cm³/mol. The molecule has 0 saturated carbocycles. The van der Waals surface area contributed by atoms with Crippen LogP contribution in [0.2, 0.25) is 0 Å². The maximum atomic E-state index is 12.9. The molecule has 0 aliphatic heterocycles. The zero-order valence-corrected chi connectivity index (χ0v) is 16.2. The monoisotopic (exact) mass is 426 g/mol. The number of hydrogen-bond acceptors (Lipinski definition) is 5. The quantitative estimate of drug-likeness (QED) is 0.622. The Morgan fingerprint density at radius 3 is 2.67 bits per heavy atom. The van der Waals surface area contributed by atoms with Crippen molar-refractivity contribution in [2.45, 2.75) is 26.1 Å². The molecule has 11 heteroatoms. The predicted octanol–water partition coefficient (Wildman–Crippen LogP) is 2.48. The summed E-state index contributed by atoms with van der Waals surface area (Å²) in [6, 6.07) is 5.49. The van der Waals surface area contributed by atoms with E-state index in [0.717, 1.165) is 0 Å². The zero-order valence-electron chi connectivity index (χ0n) is 16.2. The molecule has 0 atom stereocenters. The molecule has 8 nitrogen and oxygen atoms in total. The van der Waals surface area contributed by atoms with Gasteiger partial charge >= 0.3 is 12.1 Å². The lowest BCUT2D eigenvalue weighted by atomic mass is 10.1. The zero-order chi connectivity index (χ0) is 22.1. The molecular weight excluding hydrogens is 405 g/mol. The molecule has 0 spiro atoms. The molecule has 0 bridgehead atoms. The highest BCUT2D eigenvalue weighted by Crippen LogP contribution is 2.19. The number of halogens is 3. The molecule has 0 radical (unpaired) electrons. The second-order valence-corrected chi connectivity index (χ2v) is 6.26. The largest absolute Gasteiger partial charge is 0.465 e. The lowest BCUT2D eigenvalue weighted by Crippen LogP contribution is -2.42. The standard InChI is InChI=1S/C19H21F3N4O4/c1-2-30-17(28)11-26(12-19(20,21)22)18(29)14-4-3-5-15(10-14)24-16(27)6-8-25-9-7-23-13-25/h3-5,7,9-10,13H,2,6,8,11-12H2,1H3,(H,24,27). The van der Waals surface area contributed by atoms with Gasteiger partial charge < -0.3 is 19.5 Å². The minimum Gasteiger partial charge on any atom is -0.465 e. The average molecular weight is 426 g/mol. The van der Waals surface area contributed by atoms with E-state index in [-0.39, 0.29) is 30.2 Å². The molecule has 0 aliphatic rings. The lowest BCUT2D eigenvalue weighted by Gasteiger charge is -2.23. The Hall–Kier alpha value is -3.37. The molecular formula is C19H21F3N4O4. The third kappa shape index (κ3) is 7.57. The van der Waals surface area contributed by atoms with Crippen molar-refractivity contribution in [2.75, 3.05) is 25.0 Å². The third-order valence-electron chi connectivity index (χ3n) is 3.83. The number of rotatable bonds is 9. The highest BCUT2D eigenvalue weighted by molar-refractivity contribution is 5.98. The summed E-state index contributed by atoms with van der Waals surface area (Å²) in [5, 5.41) is 2.59. The van der Waals surface area contributed by atoms with Crippen molar-refractivity contribution in [2.24, 2.45) is 0 Å². The van der Waals surface area contributed by atoms with E-state index in [1.807, 2.05) is 0 Å². The molecule has 1 aromatic carbocycles. The summed E-state index contributed by atoms with van der Waals surface area (Å²) in [7, 11) is 0. The molecule has 0 fully saturated rings. The first-order valence-corrected chi connectivity index (χ1v) is 9.05. The fourth-order valence-corrected chi connectivity index (χ4v) is 2.56. The van der Waals surface area contributed by atoms with E-state index < -0.39 is 31.1 Å². The van der Waals surface area contributed by atoms with Gasteiger partial charge in [0.05, 0.1) is 12.9 Å². The van der Waals surface area contributed by atoms with Crippen LogP contribution in [-0.4, -0.2) is 58.1 Å². The van der Waals surface area contributed by atoms with Gasteiger partial charge in [0.1, 0.15) is 13.1 Å². The molecule has 2 rings (SSSR count). The minimum atomic E-state index is -4.69. The van der Waals surface area contributed by atoms with Gasteiger partial charge in [-0.25, -0.2) is 4.98 Å². The normalized spacial score (nSPS) is 11.1. The van der Waals surface area contributed by atoms with Crippen LogP contribution in [0.3, 0.4) is 0 Å². The second kappa shape index (κ2) is 10.4. The average Bonchev–Trinajstić information content (AvgIpc) is 3.18. The van der Waals surface area contributed by atoms with Crippen molar-refractivity contribution in [3.8, 4) is 0 Å². The van der Waals surface area contributed by atoms with Crippen molar-refractivity contribution in [1.82, 2.24) is 14.5 Å². The molecule has 1 N–H and O–H groups in total. The van der Waals surface area contributed by atoms with Gasteiger partial charge in [-0.2, -0.15) is 13.2 Å². The Morgan fingerprint density at radius 2 is 2.03 bits per heavy atom. The van der Waals surface area contributed by atoms with E-state index >= 15 is 0 Å². The number of aryl methyl sites for hydroxylation is 1. The van der Waals surface area contributed by atoms with E-state index in [4.69, 9.17) is 0 Å². The minimum absolute atomic E-state index is 0.0204. The van der Waals surface area contributed by atoms with E-state index in [9.17, 15) is 27.6 Å². The topological polar surface area (TPSA) is 93.5 Å². The highest BCUT2D eigenvalue weighted by atomic mass is 19.4. The van der Waals surface area contributed by atoms with Crippen molar-refractivity contribution < 1.29 is 32.3 Å². The Morgan fingerprint density at radius 1 is 1.27 bits per heavy atom. The van der Waals surface area contributed by atoms with Gasteiger partial charge in [-0.3, -0.25) is 14.4 Å². The summed E-state index contributed by atoms with van der Waals surface area (Å²) < 4.78 is 44.9. The van der Waals surface area contributed by atoms with Gasteiger partial charge in [0, 0.05) is 36.6 Å². The molecule has 1 aromatic heterocycles. The van der Waals surface area contributed by atoms with Crippen LogP contribution in [0.15, 0.2) is 43.0 Å². The summed E-state index contributed by atoms with van der Waals surface area (Å²) in [6.07, 6.45) is 0.283. The number of aromatic nitrogens is 2. The number of nitrogens with zero attached hydrogens (tertiary/aromatic N) is 3. The van der Waals surface area contributed by atoms with E-state index in [1.54, 1.807) is 23.3 Å². The number of ether oxygens (including phenoxy) is 1. The number of alkyl halides is 3. The lowest BCUT2D eigenvalue weighted by molar-refractivity contribution is -0.153. The third-order valence-corrected chi connectivity index (χ3v) is 3.83. The van der Waals surface area contributed by atoms with Crippen LogP contribution in [-0.2, 0) is 20.9 Å². The van der Waals surface area contributed by atoms with Gasteiger partial charge in [-0.15, -0.1) is 0 Å². The van der Waals surface area contributed by atoms with Crippen LogP contribution in [0.5, 0.6) is 0 Å². The van der Waals surface area contributed by atoms with Gasteiger partial charge in [0.25, 0.3) is 5.91 Å². The first kappa shape index (κ1) is 22.9. The first-order chi connectivity index (χ1) is 14.2. The molecule has 0 aliphatic carbocycles. The van der Waals surface area contributed by atoms with Crippen LogP contribution < -0.4 is 5.32 Å². The maximum Gasteiger partial charge on any atom is 0.406 e. The van der Waals surface area contributed by atoms with Crippen molar-refractivity contribution >= 4 is 23.5 Å². The van der Waals surface area contributed by atoms with Crippen LogP contribution in [0.4, 0.5) is 18.9 Å². The van der Waals surface area contributed by atoms with Crippen molar-refractivity contribution in [3.05, 3.63) is 48.5 Å². The summed E-state index contributed by atoms with van der Waals surface area (Å²) in [5.74, 6) is -2.29. The number of anilines is 1. The number of carbonyl (C=O) groups excluding carboxylic acids is 3. The fraction of sp³-hybridized carbons (Fsp3) is 0.368. The first-order valence-electron chi connectivity index (χ1n) is 9.05. The molecule has 2 amide bonds. The maximum absolute atomic E-state index is 12.9. The fourth-order valence-electron chi connectivity index (χ4n) is 2.56. The number of nitrogens with one attached hydrogen (secondary N) is 1. The van der Waals surface area contributed by atoms with Crippen LogP contribution in [0.25, 0.3) is 0 Å². The highest BCUT2D eigenvalue weighted by Gasteiger charge is 2.34. The molecule has 1 heterocycles. The van der Waals surface area contributed by atoms with Crippen molar-refractivity contribution in [3.63, 3.8) is 0 Å². The molecule has 0 unspecified atom stereocenters. The number of amides is 2. The number of benzene rings is 1. The van der Waals surface area contributed by atoms with E-state index in [1.165, 1.54) is 31.2 Å². The van der Waals surface area contributed by atoms with Crippen LogP contribution >= 0.6 is 0 Å². The van der Waals surface area contributed by atoms with E-state index in [2.05, 4.69) is 15.0 Å². The van der Waals surface area contributed by atoms with Gasteiger partial charge in [-0.1, -0.05) is 6.07 Å². The van der Waals surface area contributed by atoms with E-state index in [0.29, 0.717) is 11.4 Å².